The number of nitrogens with zero attached hydrogens (tertiary/aromatic N) is 2. The number of aryl methyl sites for hydroxylation is 2. The largest absolute Gasteiger partial charge is 0.256 e. The van der Waals surface area contributed by atoms with Gasteiger partial charge in [-0.15, -0.1) is 0 Å². The van der Waals surface area contributed by atoms with Crippen molar-refractivity contribution in [3.05, 3.63) is 18.2 Å². The highest BCUT2D eigenvalue weighted by molar-refractivity contribution is 4.82. The molecule has 86 valence electrons. The van der Waals surface area contributed by atoms with E-state index in [0.717, 1.165) is 13.0 Å². The zero-order valence-corrected chi connectivity index (χ0v) is 10.5. The molecule has 0 aliphatic carbocycles. The predicted octanol–water partition coefficient (Wildman–Crippen LogP) is 2.94. The number of unbranched alkanes of at least 4 members (excludes halogenated alkanes) is 2. The Morgan fingerprint density at radius 1 is 1.13 bits per heavy atom. The van der Waals surface area contributed by atoms with Crippen LogP contribution >= 0.6 is 0 Å². The fourth-order valence-corrected chi connectivity index (χ4v) is 2.08. The van der Waals surface area contributed by atoms with Crippen LogP contribution in [-0.4, -0.2) is 4.57 Å². The lowest BCUT2D eigenvalue weighted by Crippen LogP contribution is -2.36. The van der Waals surface area contributed by atoms with Crippen LogP contribution in [0.3, 0.4) is 0 Å². The summed E-state index contributed by atoms with van der Waals surface area (Å²) in [5.74, 6) is 1.48. The highest BCUT2D eigenvalue weighted by atomic mass is 15.1. The predicted molar refractivity (Wildman–Crippen MR) is 63.8 cm³/mol. The lowest BCUT2D eigenvalue weighted by molar-refractivity contribution is -0.703. The molecule has 0 fully saturated rings. The quantitative estimate of drug-likeness (QED) is 0.482. The first kappa shape index (κ1) is 12.3. The van der Waals surface area contributed by atoms with Gasteiger partial charge in [0.25, 0.3) is 5.82 Å². The molecule has 0 radical (unpaired) electrons. The van der Waals surface area contributed by atoms with Gasteiger partial charge in [-0.25, -0.2) is 9.13 Å². The zero-order valence-electron chi connectivity index (χ0n) is 10.5. The van der Waals surface area contributed by atoms with Crippen LogP contribution in [0.5, 0.6) is 0 Å². The van der Waals surface area contributed by atoms with Crippen molar-refractivity contribution in [1.29, 1.82) is 0 Å². The van der Waals surface area contributed by atoms with E-state index in [4.69, 9.17) is 0 Å². The van der Waals surface area contributed by atoms with Crippen molar-refractivity contribution in [1.82, 2.24) is 4.57 Å². The Hall–Kier alpha value is -0.790. The first-order valence-electron chi connectivity index (χ1n) is 6.40. The molecule has 0 aliphatic heterocycles. The van der Waals surface area contributed by atoms with Crippen LogP contribution in [0.2, 0.25) is 0 Å². The molecule has 0 aliphatic rings. The molecule has 15 heavy (non-hydrogen) atoms. The Morgan fingerprint density at radius 2 is 1.93 bits per heavy atom. The molecular formula is C13H25N2+. The van der Waals surface area contributed by atoms with Crippen LogP contribution in [0.4, 0.5) is 0 Å². The lowest BCUT2D eigenvalue weighted by atomic mass is 10.2. The van der Waals surface area contributed by atoms with Crippen LogP contribution in [0, 0.1) is 0 Å². The molecule has 0 aromatic carbocycles. The number of rotatable bonds is 7. The van der Waals surface area contributed by atoms with Crippen molar-refractivity contribution in [3.8, 4) is 0 Å². The number of hydrogen-bond acceptors (Lipinski definition) is 0. The van der Waals surface area contributed by atoms with E-state index in [9.17, 15) is 0 Å². The Kier molecular flexibility index (Phi) is 5.44. The molecule has 0 atom stereocenters. The van der Waals surface area contributed by atoms with Gasteiger partial charge < -0.3 is 0 Å². The minimum Gasteiger partial charge on any atom is -0.234 e. The highest BCUT2D eigenvalue weighted by Crippen LogP contribution is 2.02. The summed E-state index contributed by atoms with van der Waals surface area (Å²) in [6.45, 7) is 9.09. The summed E-state index contributed by atoms with van der Waals surface area (Å²) < 4.78 is 4.82. The van der Waals surface area contributed by atoms with Gasteiger partial charge in [-0.2, -0.15) is 0 Å². The first-order chi connectivity index (χ1) is 7.33. The number of imidazole rings is 1. The summed E-state index contributed by atoms with van der Waals surface area (Å²) in [7, 11) is 0. The van der Waals surface area contributed by atoms with Gasteiger partial charge in [-0.05, 0) is 19.3 Å². The van der Waals surface area contributed by atoms with Crippen molar-refractivity contribution in [3.63, 3.8) is 0 Å². The molecule has 1 heterocycles. The van der Waals surface area contributed by atoms with E-state index in [-0.39, 0.29) is 0 Å². The fraction of sp³-hybridized carbons (Fsp3) is 0.769. The summed E-state index contributed by atoms with van der Waals surface area (Å²) in [5.41, 5.74) is 0. The van der Waals surface area contributed by atoms with E-state index in [0.29, 0.717) is 0 Å². The maximum absolute atomic E-state index is 2.42. The standard InChI is InChI=1S/C13H25N2/c1-4-7-8-10-15-12-11-14(9-5-2)13(15)6-3/h11-12H,4-10H2,1-3H3/q+1. The molecule has 1 aromatic rings. The van der Waals surface area contributed by atoms with Crippen molar-refractivity contribution in [2.75, 3.05) is 0 Å². The van der Waals surface area contributed by atoms with Crippen molar-refractivity contribution >= 4 is 0 Å². The average Bonchev–Trinajstić information content (AvgIpc) is 2.62. The monoisotopic (exact) mass is 209 g/mol. The van der Waals surface area contributed by atoms with E-state index < -0.39 is 0 Å². The van der Waals surface area contributed by atoms with Crippen molar-refractivity contribution < 1.29 is 4.57 Å². The van der Waals surface area contributed by atoms with Gasteiger partial charge in [0.2, 0.25) is 0 Å². The van der Waals surface area contributed by atoms with Crippen molar-refractivity contribution in [2.45, 2.75) is 66.0 Å². The molecule has 0 spiro atoms. The van der Waals surface area contributed by atoms with E-state index in [1.54, 1.807) is 0 Å². The Balaban J connectivity index is 2.62. The molecular weight excluding hydrogens is 184 g/mol. The Bertz CT molecular complexity index is 276. The van der Waals surface area contributed by atoms with Crippen LogP contribution in [0.1, 0.15) is 52.3 Å². The van der Waals surface area contributed by atoms with Crippen LogP contribution < -0.4 is 4.57 Å². The number of aromatic nitrogens is 2. The summed E-state index contributed by atoms with van der Waals surface area (Å²) in [4.78, 5) is 0. The second kappa shape index (κ2) is 6.65. The molecule has 0 saturated heterocycles. The van der Waals surface area contributed by atoms with E-state index in [1.165, 1.54) is 38.1 Å². The lowest BCUT2D eigenvalue weighted by Gasteiger charge is -2.02. The van der Waals surface area contributed by atoms with Gasteiger partial charge in [-0.3, -0.25) is 0 Å². The molecule has 1 rings (SSSR count). The summed E-state index contributed by atoms with van der Waals surface area (Å²) >= 11 is 0. The SMILES string of the molecule is CCCCCn1cc[n+](CCC)c1CC. The van der Waals surface area contributed by atoms with Gasteiger partial charge in [-0.1, -0.05) is 27.2 Å². The van der Waals surface area contributed by atoms with Gasteiger partial charge in [0.15, 0.2) is 0 Å². The third-order valence-electron chi connectivity index (χ3n) is 2.87. The summed E-state index contributed by atoms with van der Waals surface area (Å²) in [6.07, 6.45) is 10.8. The van der Waals surface area contributed by atoms with Gasteiger partial charge in [0.05, 0.1) is 13.1 Å². The van der Waals surface area contributed by atoms with Crippen molar-refractivity contribution in [2.24, 2.45) is 0 Å². The third kappa shape index (κ3) is 3.37. The van der Waals surface area contributed by atoms with Gasteiger partial charge in [0.1, 0.15) is 12.4 Å². The van der Waals surface area contributed by atoms with E-state index in [1.807, 2.05) is 0 Å². The van der Waals surface area contributed by atoms with Gasteiger partial charge >= 0.3 is 0 Å². The van der Waals surface area contributed by atoms with Gasteiger partial charge in [0, 0.05) is 6.42 Å². The van der Waals surface area contributed by atoms with E-state index in [2.05, 4.69) is 42.3 Å². The average molecular weight is 209 g/mol. The Labute approximate surface area is 93.9 Å². The fourth-order valence-electron chi connectivity index (χ4n) is 2.08. The zero-order chi connectivity index (χ0) is 11.1. The normalized spacial score (nSPS) is 10.9. The molecule has 0 bridgehead atoms. The Morgan fingerprint density at radius 3 is 2.53 bits per heavy atom. The molecule has 1 aromatic heterocycles. The first-order valence-corrected chi connectivity index (χ1v) is 6.40. The van der Waals surface area contributed by atoms with Crippen LogP contribution in [-0.2, 0) is 19.5 Å². The third-order valence-corrected chi connectivity index (χ3v) is 2.87. The second-order valence-corrected chi connectivity index (χ2v) is 4.16. The molecule has 2 nitrogen and oxygen atoms in total. The maximum Gasteiger partial charge on any atom is 0.256 e. The minimum absolute atomic E-state index is 1.14. The van der Waals surface area contributed by atoms with Crippen LogP contribution in [0.25, 0.3) is 0 Å². The molecule has 0 N–H and O–H groups in total. The smallest absolute Gasteiger partial charge is 0.234 e. The molecule has 0 unspecified atom stereocenters. The maximum atomic E-state index is 2.42. The van der Waals surface area contributed by atoms with Crippen LogP contribution in [0.15, 0.2) is 12.4 Å². The molecule has 0 saturated carbocycles. The highest BCUT2D eigenvalue weighted by Gasteiger charge is 2.13. The summed E-state index contributed by atoms with van der Waals surface area (Å²) in [6, 6.07) is 0. The molecule has 2 heteroatoms. The summed E-state index contributed by atoms with van der Waals surface area (Å²) in [5, 5.41) is 0. The van der Waals surface area contributed by atoms with E-state index >= 15 is 0 Å². The topological polar surface area (TPSA) is 8.81 Å². The second-order valence-electron chi connectivity index (χ2n) is 4.16. The minimum atomic E-state index is 1.14. The number of hydrogen-bond donors (Lipinski definition) is 0. The molecule has 0 amide bonds.